The van der Waals surface area contributed by atoms with E-state index >= 15 is 0 Å². The van der Waals surface area contributed by atoms with Crippen LogP contribution in [0.5, 0.6) is 0 Å². The maximum absolute atomic E-state index is 11.6. The van der Waals surface area contributed by atoms with E-state index in [4.69, 9.17) is 4.74 Å². The summed E-state index contributed by atoms with van der Waals surface area (Å²) in [4.78, 5) is 34.5. The van der Waals surface area contributed by atoms with E-state index in [2.05, 4.69) is 16.0 Å². The summed E-state index contributed by atoms with van der Waals surface area (Å²) in [6.45, 7) is 5.35. The third-order valence-corrected chi connectivity index (χ3v) is 2.54. The van der Waals surface area contributed by atoms with Gasteiger partial charge in [0.15, 0.2) is 0 Å². The van der Waals surface area contributed by atoms with Gasteiger partial charge in [-0.25, -0.2) is 4.79 Å². The number of rotatable bonds is 6. The van der Waals surface area contributed by atoms with Crippen molar-refractivity contribution in [1.82, 2.24) is 16.0 Å². The molecule has 0 unspecified atom stereocenters. The maximum Gasteiger partial charge on any atom is 0.414 e. The van der Waals surface area contributed by atoms with Crippen molar-refractivity contribution in [3.63, 3.8) is 0 Å². The van der Waals surface area contributed by atoms with Gasteiger partial charge in [-0.3, -0.25) is 20.2 Å². The van der Waals surface area contributed by atoms with Gasteiger partial charge in [-0.1, -0.05) is 30.3 Å². The fourth-order valence-corrected chi connectivity index (χ4v) is 1.61. The lowest BCUT2D eigenvalue weighted by molar-refractivity contribution is -0.121. The molecule has 1 rings (SSSR count). The summed E-state index contributed by atoms with van der Waals surface area (Å²) < 4.78 is 4.95. The minimum atomic E-state index is -0.808. The number of benzene rings is 1. The number of carbonyl (C=O) groups excluding carboxylic acids is 3. The van der Waals surface area contributed by atoms with Gasteiger partial charge in [0.05, 0.1) is 13.1 Å². The molecule has 3 N–H and O–H groups in total. The molecular weight excluding hydrogens is 298 g/mol. The third-order valence-electron chi connectivity index (χ3n) is 2.54. The first-order valence-corrected chi connectivity index (χ1v) is 7.30. The van der Waals surface area contributed by atoms with Crippen molar-refractivity contribution in [2.75, 3.05) is 13.1 Å². The van der Waals surface area contributed by atoms with E-state index in [9.17, 15) is 14.4 Å². The SMILES string of the molecule is CC(C)(C)OC(=O)NC(=O)CNCC(=O)NCc1ccccc1. The van der Waals surface area contributed by atoms with Crippen LogP contribution in [0.1, 0.15) is 26.3 Å². The van der Waals surface area contributed by atoms with E-state index in [-0.39, 0.29) is 19.0 Å². The summed E-state index contributed by atoms with van der Waals surface area (Å²) in [6, 6.07) is 9.49. The topological polar surface area (TPSA) is 96.5 Å². The molecule has 0 radical (unpaired) electrons. The average molecular weight is 321 g/mol. The van der Waals surface area contributed by atoms with Gasteiger partial charge in [0.1, 0.15) is 5.60 Å². The number of hydrogen-bond donors (Lipinski definition) is 3. The molecule has 0 fully saturated rings. The predicted octanol–water partition coefficient (Wildman–Crippen LogP) is 0.944. The monoisotopic (exact) mass is 321 g/mol. The van der Waals surface area contributed by atoms with Crippen molar-refractivity contribution in [1.29, 1.82) is 0 Å². The summed E-state index contributed by atoms with van der Waals surface area (Å²) in [6.07, 6.45) is -0.808. The van der Waals surface area contributed by atoms with Crippen LogP contribution in [0.3, 0.4) is 0 Å². The summed E-state index contributed by atoms with van der Waals surface area (Å²) in [7, 11) is 0. The quantitative estimate of drug-likeness (QED) is 0.725. The van der Waals surface area contributed by atoms with Crippen LogP contribution in [0.15, 0.2) is 30.3 Å². The standard InChI is InChI=1S/C16H23N3O4/c1-16(2,3)23-15(22)19-14(21)11-17-10-13(20)18-9-12-7-5-4-6-8-12/h4-8,17H,9-11H2,1-3H3,(H,18,20)(H,19,21,22). The first-order chi connectivity index (χ1) is 10.8. The number of alkyl carbamates (subject to hydrolysis) is 1. The van der Waals surface area contributed by atoms with Gasteiger partial charge in [0.2, 0.25) is 11.8 Å². The Bertz CT molecular complexity index is 538. The lowest BCUT2D eigenvalue weighted by atomic mass is 10.2. The molecule has 0 aliphatic rings. The number of hydrogen-bond acceptors (Lipinski definition) is 5. The van der Waals surface area contributed by atoms with E-state index in [1.807, 2.05) is 30.3 Å². The zero-order valence-electron chi connectivity index (χ0n) is 13.6. The van der Waals surface area contributed by atoms with Gasteiger partial charge in [-0.15, -0.1) is 0 Å². The summed E-state index contributed by atoms with van der Waals surface area (Å²) in [5.41, 5.74) is 0.318. The molecule has 0 atom stereocenters. The molecule has 3 amide bonds. The fourth-order valence-electron chi connectivity index (χ4n) is 1.61. The maximum atomic E-state index is 11.6. The average Bonchev–Trinajstić information content (AvgIpc) is 2.44. The normalized spacial score (nSPS) is 10.7. The van der Waals surface area contributed by atoms with E-state index in [0.29, 0.717) is 6.54 Å². The second kappa shape index (κ2) is 8.89. The van der Waals surface area contributed by atoms with Crippen LogP contribution in [0.25, 0.3) is 0 Å². The predicted molar refractivity (Wildman–Crippen MR) is 85.5 cm³/mol. The molecule has 0 aliphatic heterocycles. The summed E-state index contributed by atoms with van der Waals surface area (Å²) >= 11 is 0. The van der Waals surface area contributed by atoms with Crippen LogP contribution in [-0.2, 0) is 20.9 Å². The minimum absolute atomic E-state index is 0.0193. The van der Waals surface area contributed by atoms with Crippen molar-refractivity contribution in [2.45, 2.75) is 32.9 Å². The molecule has 7 nitrogen and oxygen atoms in total. The van der Waals surface area contributed by atoms with Crippen LogP contribution < -0.4 is 16.0 Å². The van der Waals surface area contributed by atoms with Crippen molar-refractivity contribution in [2.24, 2.45) is 0 Å². The smallest absolute Gasteiger partial charge is 0.414 e. The molecule has 0 saturated heterocycles. The molecule has 0 aromatic heterocycles. The Hall–Kier alpha value is -2.41. The van der Waals surface area contributed by atoms with Gasteiger partial charge in [-0.2, -0.15) is 0 Å². The van der Waals surface area contributed by atoms with Crippen LogP contribution in [-0.4, -0.2) is 36.6 Å². The Morgan fingerprint density at radius 2 is 1.61 bits per heavy atom. The molecule has 0 heterocycles. The van der Waals surface area contributed by atoms with Crippen LogP contribution in [0.2, 0.25) is 0 Å². The highest BCUT2D eigenvalue weighted by Crippen LogP contribution is 2.06. The highest BCUT2D eigenvalue weighted by atomic mass is 16.6. The van der Waals surface area contributed by atoms with Crippen LogP contribution >= 0.6 is 0 Å². The van der Waals surface area contributed by atoms with Crippen LogP contribution in [0.4, 0.5) is 4.79 Å². The number of amides is 3. The van der Waals surface area contributed by atoms with Gasteiger partial charge in [-0.05, 0) is 26.3 Å². The second-order valence-electron chi connectivity index (χ2n) is 5.92. The first-order valence-electron chi connectivity index (χ1n) is 7.30. The van der Waals surface area contributed by atoms with Gasteiger partial charge in [0, 0.05) is 6.54 Å². The Balaban J connectivity index is 2.17. The lowest BCUT2D eigenvalue weighted by Crippen LogP contribution is -2.43. The molecule has 1 aromatic rings. The largest absolute Gasteiger partial charge is 0.444 e. The molecule has 0 aliphatic carbocycles. The molecule has 126 valence electrons. The molecular formula is C16H23N3O4. The lowest BCUT2D eigenvalue weighted by Gasteiger charge is -2.19. The molecule has 1 aromatic carbocycles. The molecule has 0 spiro atoms. The van der Waals surface area contributed by atoms with Gasteiger partial charge >= 0.3 is 6.09 Å². The zero-order chi connectivity index (χ0) is 17.3. The van der Waals surface area contributed by atoms with Crippen LogP contribution in [0, 0.1) is 0 Å². The van der Waals surface area contributed by atoms with E-state index in [1.54, 1.807) is 20.8 Å². The number of nitrogens with one attached hydrogen (secondary N) is 3. The number of ether oxygens (including phenoxy) is 1. The van der Waals surface area contributed by atoms with Crippen molar-refractivity contribution in [3.8, 4) is 0 Å². The minimum Gasteiger partial charge on any atom is -0.444 e. The van der Waals surface area contributed by atoms with Crippen molar-refractivity contribution < 1.29 is 19.1 Å². The third kappa shape index (κ3) is 9.26. The first kappa shape index (κ1) is 18.6. The highest BCUT2D eigenvalue weighted by Gasteiger charge is 2.17. The molecule has 0 bridgehead atoms. The molecule has 7 heteroatoms. The number of imide groups is 1. The molecule has 23 heavy (non-hydrogen) atoms. The Morgan fingerprint density at radius 3 is 2.22 bits per heavy atom. The molecule has 0 saturated carbocycles. The summed E-state index contributed by atoms with van der Waals surface area (Å²) in [5, 5.41) is 7.45. The number of carbonyl (C=O) groups is 3. The fraction of sp³-hybridized carbons (Fsp3) is 0.438. The Kier molecular flexibility index (Phi) is 7.21. The second-order valence-corrected chi connectivity index (χ2v) is 5.92. The highest BCUT2D eigenvalue weighted by molar-refractivity contribution is 5.93. The van der Waals surface area contributed by atoms with Crippen molar-refractivity contribution in [3.05, 3.63) is 35.9 Å². The summed E-state index contributed by atoms with van der Waals surface area (Å²) in [5.74, 6) is -0.797. The van der Waals surface area contributed by atoms with E-state index in [1.165, 1.54) is 0 Å². The van der Waals surface area contributed by atoms with Gasteiger partial charge < -0.3 is 10.1 Å². The zero-order valence-corrected chi connectivity index (χ0v) is 13.6. The van der Waals surface area contributed by atoms with E-state index < -0.39 is 17.6 Å². The van der Waals surface area contributed by atoms with E-state index in [0.717, 1.165) is 5.56 Å². The Labute approximate surface area is 135 Å². The van der Waals surface area contributed by atoms with Gasteiger partial charge in [0.25, 0.3) is 0 Å². The van der Waals surface area contributed by atoms with Crippen molar-refractivity contribution >= 4 is 17.9 Å². The Morgan fingerprint density at radius 1 is 1.00 bits per heavy atom.